The van der Waals surface area contributed by atoms with Gasteiger partial charge < -0.3 is 0 Å². The molecule has 0 spiro atoms. The Hall–Kier alpha value is -1.93. The minimum absolute atomic E-state index is 0.0974. The minimum Gasteiger partial charge on any atom is -0.267 e. The van der Waals surface area contributed by atoms with Crippen LogP contribution in [0.3, 0.4) is 0 Å². The number of amides is 1. The van der Waals surface area contributed by atoms with Crippen LogP contribution in [0, 0.1) is 0 Å². The van der Waals surface area contributed by atoms with E-state index in [1.165, 1.54) is 28.7 Å². The van der Waals surface area contributed by atoms with E-state index < -0.39 is 15.9 Å². The van der Waals surface area contributed by atoms with Crippen molar-refractivity contribution in [3.63, 3.8) is 0 Å². The lowest BCUT2D eigenvalue weighted by atomic mass is 10.2. The van der Waals surface area contributed by atoms with Gasteiger partial charge in [-0.15, -0.1) is 0 Å². The molecular weight excluding hydrogens is 421 g/mol. The van der Waals surface area contributed by atoms with Gasteiger partial charge in [0.25, 0.3) is 5.91 Å². The monoisotopic (exact) mass is 439 g/mol. The van der Waals surface area contributed by atoms with Crippen molar-refractivity contribution in [2.45, 2.75) is 24.2 Å². The molecule has 0 radical (unpaired) electrons. The molecule has 3 rings (SSSR count). The lowest BCUT2D eigenvalue weighted by Gasteiger charge is -2.25. The number of nitrogens with zero attached hydrogens (tertiary/aromatic N) is 2. The Bertz CT molecular complexity index is 983. The van der Waals surface area contributed by atoms with Crippen molar-refractivity contribution in [1.82, 2.24) is 9.73 Å². The highest BCUT2D eigenvalue weighted by molar-refractivity contribution is 7.89. The highest BCUT2D eigenvalue weighted by Gasteiger charge is 2.26. The molecule has 1 amide bonds. The van der Waals surface area contributed by atoms with Gasteiger partial charge in [0.15, 0.2) is 0 Å². The SMILES string of the molecule is O=C(N/N=C\c1c(Cl)cccc1Cl)c1cccc(S(=O)(=O)N2CCCCC2)c1. The first kappa shape index (κ1) is 20.8. The third-order valence-electron chi connectivity index (χ3n) is 4.41. The van der Waals surface area contributed by atoms with E-state index in [2.05, 4.69) is 10.5 Å². The largest absolute Gasteiger partial charge is 0.271 e. The van der Waals surface area contributed by atoms with Crippen molar-refractivity contribution in [3.05, 3.63) is 63.6 Å². The Labute approximate surface area is 174 Å². The van der Waals surface area contributed by atoms with Crippen LogP contribution in [0.1, 0.15) is 35.2 Å². The highest BCUT2D eigenvalue weighted by Crippen LogP contribution is 2.23. The number of nitrogens with one attached hydrogen (secondary N) is 1. The van der Waals surface area contributed by atoms with Gasteiger partial charge in [0, 0.05) is 24.2 Å². The van der Waals surface area contributed by atoms with Crippen LogP contribution in [0.5, 0.6) is 0 Å². The summed E-state index contributed by atoms with van der Waals surface area (Å²) in [5, 5.41) is 4.67. The van der Waals surface area contributed by atoms with Gasteiger partial charge in [-0.05, 0) is 43.2 Å². The van der Waals surface area contributed by atoms with Crippen molar-refractivity contribution in [1.29, 1.82) is 0 Å². The molecule has 0 aromatic heterocycles. The molecule has 148 valence electrons. The van der Waals surface area contributed by atoms with Gasteiger partial charge in [-0.1, -0.05) is 41.8 Å². The number of hydrogen-bond donors (Lipinski definition) is 1. The number of sulfonamides is 1. The zero-order valence-corrected chi connectivity index (χ0v) is 17.3. The van der Waals surface area contributed by atoms with E-state index in [0.29, 0.717) is 28.7 Å². The van der Waals surface area contributed by atoms with Crippen LogP contribution >= 0.6 is 23.2 Å². The van der Waals surface area contributed by atoms with Crippen LogP contribution in [0.2, 0.25) is 10.0 Å². The summed E-state index contributed by atoms with van der Waals surface area (Å²) < 4.78 is 27.0. The van der Waals surface area contributed by atoms with E-state index in [-0.39, 0.29) is 10.5 Å². The smallest absolute Gasteiger partial charge is 0.267 e. The Morgan fingerprint density at radius 1 is 1.04 bits per heavy atom. The first-order valence-corrected chi connectivity index (χ1v) is 11.0. The number of hydrazone groups is 1. The van der Waals surface area contributed by atoms with Gasteiger partial charge in [-0.25, -0.2) is 13.8 Å². The molecule has 0 unspecified atom stereocenters. The van der Waals surface area contributed by atoms with E-state index in [0.717, 1.165) is 19.3 Å². The average Bonchev–Trinajstić information content (AvgIpc) is 2.71. The quantitative estimate of drug-likeness (QED) is 0.565. The van der Waals surface area contributed by atoms with Crippen LogP contribution in [0.4, 0.5) is 0 Å². The second-order valence-electron chi connectivity index (χ2n) is 6.33. The molecule has 1 N–H and O–H groups in total. The first-order valence-electron chi connectivity index (χ1n) is 8.77. The molecule has 9 heteroatoms. The molecule has 1 fully saturated rings. The molecule has 1 heterocycles. The Balaban J connectivity index is 1.74. The lowest BCUT2D eigenvalue weighted by Crippen LogP contribution is -2.35. The maximum absolute atomic E-state index is 12.8. The van der Waals surface area contributed by atoms with Crippen molar-refractivity contribution in [2.75, 3.05) is 13.1 Å². The normalized spacial score (nSPS) is 15.6. The summed E-state index contributed by atoms with van der Waals surface area (Å²) in [5.41, 5.74) is 3.04. The standard InChI is InChI=1S/C19H19Cl2N3O3S/c20-17-8-5-9-18(21)16(17)13-22-23-19(25)14-6-4-7-15(12-14)28(26,27)24-10-2-1-3-11-24/h4-9,12-13H,1-3,10-11H2,(H,23,25)/b22-13-. The van der Waals surface area contributed by atoms with Gasteiger partial charge in [0.05, 0.1) is 21.2 Å². The van der Waals surface area contributed by atoms with Crippen LogP contribution < -0.4 is 5.43 Å². The molecule has 2 aromatic rings. The first-order chi connectivity index (χ1) is 13.4. The average molecular weight is 440 g/mol. The highest BCUT2D eigenvalue weighted by atomic mass is 35.5. The van der Waals surface area contributed by atoms with Crippen molar-refractivity contribution in [3.8, 4) is 0 Å². The number of hydrogen-bond acceptors (Lipinski definition) is 4. The third kappa shape index (κ3) is 4.72. The van der Waals surface area contributed by atoms with Gasteiger partial charge in [0.1, 0.15) is 0 Å². The Morgan fingerprint density at radius 2 is 1.68 bits per heavy atom. The summed E-state index contributed by atoms with van der Waals surface area (Å²) in [6.45, 7) is 1.00. The second-order valence-corrected chi connectivity index (χ2v) is 9.08. The van der Waals surface area contributed by atoms with Crippen molar-refractivity contribution in [2.24, 2.45) is 5.10 Å². The summed E-state index contributed by atoms with van der Waals surface area (Å²) in [7, 11) is -3.61. The molecule has 0 saturated carbocycles. The Morgan fingerprint density at radius 3 is 2.36 bits per heavy atom. The van der Waals surface area contributed by atoms with Gasteiger partial charge >= 0.3 is 0 Å². The number of carbonyl (C=O) groups is 1. The number of benzene rings is 2. The van der Waals surface area contributed by atoms with Gasteiger partial charge in [-0.3, -0.25) is 4.79 Å². The van der Waals surface area contributed by atoms with Crippen molar-refractivity contribution >= 4 is 45.3 Å². The third-order valence-corrected chi connectivity index (χ3v) is 6.96. The molecule has 0 atom stereocenters. The fourth-order valence-corrected chi connectivity index (χ4v) is 4.96. The number of rotatable bonds is 5. The lowest BCUT2D eigenvalue weighted by molar-refractivity contribution is 0.0955. The molecular formula is C19H19Cl2N3O3S. The van der Waals surface area contributed by atoms with E-state index in [1.54, 1.807) is 24.3 Å². The van der Waals surface area contributed by atoms with E-state index in [9.17, 15) is 13.2 Å². The zero-order valence-electron chi connectivity index (χ0n) is 14.9. The molecule has 1 saturated heterocycles. The summed E-state index contributed by atoms with van der Waals surface area (Å²) in [5.74, 6) is -0.532. The predicted octanol–water partition coefficient (Wildman–Crippen LogP) is 3.93. The zero-order chi connectivity index (χ0) is 20.1. The number of carbonyl (C=O) groups excluding carboxylic acids is 1. The predicted molar refractivity (Wildman–Crippen MR) is 111 cm³/mol. The van der Waals surface area contributed by atoms with E-state index in [4.69, 9.17) is 23.2 Å². The number of piperidine rings is 1. The van der Waals surface area contributed by atoms with Crippen LogP contribution in [-0.4, -0.2) is 37.9 Å². The van der Waals surface area contributed by atoms with E-state index in [1.807, 2.05) is 0 Å². The van der Waals surface area contributed by atoms with Crippen LogP contribution in [-0.2, 0) is 10.0 Å². The van der Waals surface area contributed by atoms with Crippen molar-refractivity contribution < 1.29 is 13.2 Å². The minimum atomic E-state index is -3.61. The molecule has 0 bridgehead atoms. The number of halogens is 2. The Kier molecular flexibility index (Phi) is 6.72. The molecule has 6 nitrogen and oxygen atoms in total. The molecule has 28 heavy (non-hydrogen) atoms. The summed E-state index contributed by atoms with van der Waals surface area (Å²) in [6.07, 6.45) is 4.07. The maximum Gasteiger partial charge on any atom is 0.271 e. The van der Waals surface area contributed by atoms with E-state index >= 15 is 0 Å². The van der Waals surface area contributed by atoms with Crippen LogP contribution in [0.15, 0.2) is 52.5 Å². The van der Waals surface area contributed by atoms with Gasteiger partial charge in [0.2, 0.25) is 10.0 Å². The fourth-order valence-electron chi connectivity index (χ4n) is 2.91. The summed E-state index contributed by atoms with van der Waals surface area (Å²) in [6, 6.07) is 10.9. The van der Waals surface area contributed by atoms with Gasteiger partial charge in [-0.2, -0.15) is 9.41 Å². The second kappa shape index (κ2) is 9.05. The summed E-state index contributed by atoms with van der Waals surface area (Å²) >= 11 is 12.1. The molecule has 2 aromatic carbocycles. The fraction of sp³-hybridized carbons (Fsp3) is 0.263. The molecule has 1 aliphatic rings. The summed E-state index contributed by atoms with van der Waals surface area (Å²) in [4.78, 5) is 12.5. The topological polar surface area (TPSA) is 78.8 Å². The maximum atomic E-state index is 12.8. The molecule has 1 aliphatic heterocycles. The van der Waals surface area contributed by atoms with Crippen LogP contribution in [0.25, 0.3) is 0 Å². The molecule has 0 aliphatic carbocycles.